The van der Waals surface area contributed by atoms with Gasteiger partial charge >= 0.3 is 6.18 Å². The zero-order valence-electron chi connectivity index (χ0n) is 20.0. The topological polar surface area (TPSA) is 85.6 Å². The fourth-order valence-corrected chi connectivity index (χ4v) is 4.80. The maximum Gasteiger partial charge on any atom is 0.392 e. The van der Waals surface area contributed by atoms with Gasteiger partial charge in [0.25, 0.3) is 0 Å². The third kappa shape index (κ3) is 4.60. The van der Waals surface area contributed by atoms with Gasteiger partial charge in [-0.1, -0.05) is 13.3 Å². The van der Waals surface area contributed by atoms with Crippen LogP contribution in [0.2, 0.25) is 0 Å². The maximum absolute atomic E-state index is 13.9. The molecule has 0 aliphatic carbocycles. The number of alkyl halides is 3. The normalized spacial score (nSPS) is 19.2. The van der Waals surface area contributed by atoms with E-state index in [9.17, 15) is 13.2 Å². The van der Waals surface area contributed by atoms with E-state index in [4.69, 9.17) is 5.84 Å². The van der Waals surface area contributed by atoms with Crippen LogP contribution in [0.4, 0.5) is 13.2 Å². The van der Waals surface area contributed by atoms with Crippen LogP contribution < -0.4 is 16.5 Å². The summed E-state index contributed by atoms with van der Waals surface area (Å²) >= 11 is 0. The molecule has 4 N–H and O–H groups in total. The third-order valence-corrected chi connectivity index (χ3v) is 6.58. The Morgan fingerprint density at radius 3 is 2.42 bits per heavy atom. The van der Waals surface area contributed by atoms with Crippen molar-refractivity contribution in [2.24, 2.45) is 21.9 Å². The summed E-state index contributed by atoms with van der Waals surface area (Å²) < 4.78 is 41.8. The van der Waals surface area contributed by atoms with E-state index in [-0.39, 0.29) is 12.8 Å². The molecule has 0 saturated carbocycles. The lowest BCUT2D eigenvalue weighted by molar-refractivity contribution is -0.175. The van der Waals surface area contributed by atoms with Gasteiger partial charge in [-0.3, -0.25) is 0 Å². The minimum Gasteiger partial charge on any atom is -0.355 e. The molecule has 0 fully saturated rings. The molecule has 6 nitrogen and oxygen atoms in total. The van der Waals surface area contributed by atoms with Crippen molar-refractivity contribution in [3.63, 3.8) is 0 Å². The minimum atomic E-state index is -4.33. The smallest absolute Gasteiger partial charge is 0.355 e. The van der Waals surface area contributed by atoms with E-state index < -0.39 is 12.1 Å². The Morgan fingerprint density at radius 1 is 1.00 bits per heavy atom. The quantitative estimate of drug-likeness (QED) is 0.444. The summed E-state index contributed by atoms with van der Waals surface area (Å²) in [6.07, 6.45) is 7.21. The first-order chi connectivity index (χ1) is 17.2. The predicted octanol–water partition coefficient (Wildman–Crippen LogP) is 4.08. The van der Waals surface area contributed by atoms with Crippen molar-refractivity contribution in [3.8, 4) is 0 Å². The molecular formula is C27H27F3N6. The predicted molar refractivity (Wildman–Crippen MR) is 137 cm³/mol. The molecule has 0 amide bonds. The van der Waals surface area contributed by atoms with Crippen molar-refractivity contribution in [2.75, 3.05) is 7.05 Å². The van der Waals surface area contributed by atoms with Gasteiger partial charge < -0.3 is 20.7 Å². The van der Waals surface area contributed by atoms with Crippen molar-refractivity contribution >= 4 is 29.7 Å². The van der Waals surface area contributed by atoms with Crippen molar-refractivity contribution in [2.45, 2.75) is 32.4 Å². The van der Waals surface area contributed by atoms with E-state index in [1.54, 1.807) is 13.0 Å². The molecule has 0 spiro atoms. The zero-order valence-corrected chi connectivity index (χ0v) is 20.0. The molecule has 8 bridgehead atoms. The van der Waals surface area contributed by atoms with Gasteiger partial charge in [0.15, 0.2) is 0 Å². The highest BCUT2D eigenvalue weighted by molar-refractivity contribution is 6.19. The van der Waals surface area contributed by atoms with Crippen molar-refractivity contribution in [3.05, 3.63) is 87.2 Å². The van der Waals surface area contributed by atoms with E-state index in [2.05, 4.69) is 20.1 Å². The lowest BCUT2D eigenvalue weighted by Gasteiger charge is -2.20. The summed E-state index contributed by atoms with van der Waals surface area (Å²) in [6, 6.07) is 7.81. The number of halogens is 3. The van der Waals surface area contributed by atoms with Gasteiger partial charge in [-0.25, -0.2) is 4.99 Å². The molecule has 2 aromatic heterocycles. The second-order valence-electron chi connectivity index (χ2n) is 9.13. The van der Waals surface area contributed by atoms with Crippen molar-refractivity contribution in [1.82, 2.24) is 14.9 Å². The second kappa shape index (κ2) is 9.22. The van der Waals surface area contributed by atoms with Crippen LogP contribution in [0.5, 0.6) is 0 Å². The third-order valence-electron chi connectivity index (χ3n) is 6.58. The number of likely N-dealkylation sites (N-methyl/N-ethyl adjacent to an activating group) is 1. The van der Waals surface area contributed by atoms with Crippen LogP contribution in [0.1, 0.15) is 37.6 Å². The molecule has 9 heteroatoms. The first-order valence-corrected chi connectivity index (χ1v) is 11.8. The van der Waals surface area contributed by atoms with Crippen LogP contribution in [-0.2, 0) is 0 Å². The number of allylic oxidation sites excluding steroid dienone is 4. The molecule has 0 radical (unpaired) electrons. The first-order valence-electron chi connectivity index (χ1n) is 11.8. The lowest BCUT2D eigenvalue weighted by Crippen LogP contribution is -2.24. The van der Waals surface area contributed by atoms with Crippen LogP contribution in [0.3, 0.4) is 0 Å². The highest BCUT2D eigenvalue weighted by atomic mass is 19.4. The molecule has 5 rings (SSSR count). The fourth-order valence-electron chi connectivity index (χ4n) is 4.80. The minimum absolute atomic E-state index is 0.0302. The highest BCUT2D eigenvalue weighted by Crippen LogP contribution is 2.40. The highest BCUT2D eigenvalue weighted by Gasteiger charge is 2.42. The van der Waals surface area contributed by atoms with Gasteiger partial charge in [-0.15, -0.1) is 0 Å². The largest absolute Gasteiger partial charge is 0.392 e. The van der Waals surface area contributed by atoms with Crippen LogP contribution in [0.25, 0.3) is 18.2 Å². The number of hydrogen-bond acceptors (Lipinski definition) is 4. The first kappa shape index (κ1) is 23.7. The van der Waals surface area contributed by atoms with E-state index in [1.165, 1.54) is 0 Å². The van der Waals surface area contributed by atoms with Gasteiger partial charge in [-0.05, 0) is 73.6 Å². The molecule has 2 aromatic rings. The van der Waals surface area contributed by atoms with Gasteiger partial charge in [0.05, 0.1) is 23.0 Å². The van der Waals surface area contributed by atoms with Crippen LogP contribution in [-0.4, -0.2) is 39.5 Å². The molecule has 3 aliphatic rings. The number of rotatable bonds is 4. The number of aliphatic imine (C=N–C) groups is 1. The Bertz CT molecular complexity index is 1490. The monoisotopic (exact) mass is 492 g/mol. The summed E-state index contributed by atoms with van der Waals surface area (Å²) in [4.78, 5) is 13.2. The second-order valence-corrected chi connectivity index (χ2v) is 9.13. The maximum atomic E-state index is 13.9. The van der Waals surface area contributed by atoms with Crippen molar-refractivity contribution < 1.29 is 13.2 Å². The van der Waals surface area contributed by atoms with Crippen LogP contribution in [0.15, 0.2) is 75.3 Å². The Labute approximate surface area is 206 Å². The number of nitrogens with zero attached hydrogens (tertiary/aromatic N) is 3. The lowest BCUT2D eigenvalue weighted by atomic mass is 9.91. The van der Waals surface area contributed by atoms with Crippen molar-refractivity contribution in [1.29, 1.82) is 0 Å². The van der Waals surface area contributed by atoms with E-state index in [0.29, 0.717) is 34.8 Å². The van der Waals surface area contributed by atoms with Crippen LogP contribution in [0, 0.1) is 5.92 Å². The van der Waals surface area contributed by atoms with Gasteiger partial charge in [0.1, 0.15) is 5.71 Å². The number of aromatic amines is 2. The number of fused-ring (bicyclic) bond motifs is 7. The number of hydrazone groups is 1. The van der Waals surface area contributed by atoms with E-state index in [1.807, 2.05) is 66.6 Å². The summed E-state index contributed by atoms with van der Waals surface area (Å²) in [5, 5.41) is 5.80. The fraction of sp³-hybridized carbons (Fsp3) is 0.259. The number of aromatic nitrogens is 2. The number of nitrogens with one attached hydrogen (secondary N) is 2. The molecule has 5 heterocycles. The average Bonchev–Trinajstić information content (AvgIpc) is 3.60. The number of nitrogens with two attached hydrogens (primary N) is 1. The average molecular weight is 493 g/mol. The molecule has 1 atom stereocenters. The summed E-state index contributed by atoms with van der Waals surface area (Å²) in [5.74, 6) is 4.31. The Hall–Kier alpha value is -4.01. The number of hydrogen-bond donors (Lipinski definition) is 3. The van der Waals surface area contributed by atoms with Gasteiger partial charge in [-0.2, -0.15) is 18.3 Å². The summed E-state index contributed by atoms with van der Waals surface area (Å²) in [5.41, 5.74) is 5.09. The molecule has 1 unspecified atom stereocenters. The molecular weight excluding hydrogens is 465 g/mol. The standard InChI is InChI=1S/C27H27F3N6/c1-3-4-16(27(28,29)30)11-23-24-14-21-9-7-19(33-21)12-17-5-6-18(32-17)13-20-8-10-22(34-20)15-25(36(24)2)26(23)35-31/h5-10,12-16,32,34H,3-4,11,31H2,1-2H3. The SMILES string of the molecule is CCCC(CC1=C2C=C3C=CC(=N3)C=c3ccc([nH]3)=Cc3ccc([nH]3)C=C(C1=NN)N2C)C(F)(F)F. The molecule has 186 valence electrons. The number of H-pyrrole nitrogens is 2. The molecule has 36 heavy (non-hydrogen) atoms. The summed E-state index contributed by atoms with van der Waals surface area (Å²) in [6.45, 7) is 1.76. The Morgan fingerprint density at radius 2 is 1.72 bits per heavy atom. The van der Waals surface area contributed by atoms with E-state index in [0.717, 1.165) is 27.8 Å². The molecule has 0 aromatic carbocycles. The molecule has 3 aliphatic heterocycles. The van der Waals surface area contributed by atoms with Gasteiger partial charge in [0, 0.05) is 40.4 Å². The summed E-state index contributed by atoms with van der Waals surface area (Å²) in [7, 11) is 1.81. The van der Waals surface area contributed by atoms with Crippen LogP contribution >= 0.6 is 0 Å². The Kier molecular flexibility index (Phi) is 6.07. The molecule has 0 saturated heterocycles. The van der Waals surface area contributed by atoms with Gasteiger partial charge in [0.2, 0.25) is 0 Å². The zero-order chi connectivity index (χ0) is 25.4. The van der Waals surface area contributed by atoms with E-state index >= 15 is 0 Å². The Balaban J connectivity index is 1.70.